The maximum absolute atomic E-state index is 13.0. The molecule has 174 valence electrons. The molecule has 1 aromatic heterocycles. The summed E-state index contributed by atoms with van der Waals surface area (Å²) in [6.45, 7) is 0.612. The highest BCUT2D eigenvalue weighted by Gasteiger charge is 2.26. The first-order valence-electron chi connectivity index (χ1n) is 10.6. The number of fused-ring (bicyclic) bond motifs is 1. The van der Waals surface area contributed by atoms with Gasteiger partial charge in [0.15, 0.2) is 6.61 Å². The molecule has 8 nitrogen and oxygen atoms in total. The van der Waals surface area contributed by atoms with Crippen LogP contribution in [0, 0.1) is 0 Å². The molecule has 0 saturated carbocycles. The van der Waals surface area contributed by atoms with Crippen LogP contribution in [0.25, 0.3) is 11.0 Å². The number of benzene rings is 2. The van der Waals surface area contributed by atoms with Crippen molar-refractivity contribution in [3.8, 4) is 5.75 Å². The Morgan fingerprint density at radius 2 is 1.76 bits per heavy atom. The van der Waals surface area contributed by atoms with Gasteiger partial charge < -0.3 is 14.5 Å². The molecule has 0 spiro atoms. The minimum Gasteiger partial charge on any atom is -0.484 e. The molecule has 2 heterocycles. The minimum absolute atomic E-state index is 0.0783. The van der Waals surface area contributed by atoms with E-state index in [0.29, 0.717) is 24.4 Å². The second kappa shape index (κ2) is 9.94. The maximum Gasteiger partial charge on any atom is 0.336 e. The van der Waals surface area contributed by atoms with Crippen LogP contribution in [-0.4, -0.2) is 38.3 Å². The van der Waals surface area contributed by atoms with Gasteiger partial charge in [0.2, 0.25) is 10.0 Å². The number of anilines is 1. The number of carbonyl (C=O) groups is 1. The van der Waals surface area contributed by atoms with Crippen LogP contribution in [-0.2, 0) is 14.8 Å². The molecule has 0 aliphatic carbocycles. The van der Waals surface area contributed by atoms with Crippen molar-refractivity contribution < 1.29 is 22.4 Å². The van der Waals surface area contributed by atoms with Crippen molar-refractivity contribution in [2.75, 3.05) is 25.0 Å². The van der Waals surface area contributed by atoms with Crippen LogP contribution in [0.3, 0.4) is 0 Å². The highest BCUT2D eigenvalue weighted by Crippen LogP contribution is 2.28. The van der Waals surface area contributed by atoms with E-state index in [2.05, 4.69) is 5.32 Å². The summed E-state index contributed by atoms with van der Waals surface area (Å²) in [4.78, 5) is 23.9. The average Bonchev–Trinajstić information content (AvgIpc) is 3.09. The summed E-state index contributed by atoms with van der Waals surface area (Å²) in [5, 5.41) is 3.54. The van der Waals surface area contributed by atoms with Gasteiger partial charge in [-0.25, -0.2) is 13.2 Å². The lowest BCUT2D eigenvalue weighted by molar-refractivity contribution is -0.118. The van der Waals surface area contributed by atoms with Crippen LogP contribution < -0.4 is 15.7 Å². The third-order valence-electron chi connectivity index (χ3n) is 5.38. The van der Waals surface area contributed by atoms with Crippen molar-refractivity contribution in [3.05, 3.63) is 64.0 Å². The quantitative estimate of drug-likeness (QED) is 0.523. The van der Waals surface area contributed by atoms with Gasteiger partial charge in [0.05, 0.1) is 15.6 Å². The summed E-state index contributed by atoms with van der Waals surface area (Å²) >= 11 is 6.19. The molecule has 0 unspecified atom stereocenters. The zero-order valence-electron chi connectivity index (χ0n) is 17.8. The molecule has 4 rings (SSSR count). The molecular formula is C23H23ClN2O6S. The first-order valence-corrected chi connectivity index (χ1v) is 12.4. The molecule has 0 atom stereocenters. The molecule has 3 aromatic rings. The van der Waals surface area contributed by atoms with E-state index in [4.69, 9.17) is 20.8 Å². The lowest BCUT2D eigenvalue weighted by atomic mass is 10.2. The fraction of sp³-hybridized carbons (Fsp3) is 0.304. The van der Waals surface area contributed by atoms with Gasteiger partial charge in [-0.05, 0) is 49.2 Å². The Balaban J connectivity index is 1.45. The average molecular weight is 491 g/mol. The molecule has 1 N–H and O–H groups in total. The van der Waals surface area contributed by atoms with E-state index in [-0.39, 0.29) is 22.2 Å². The molecule has 1 saturated heterocycles. The standard InChI is InChI=1S/C23H23ClN2O6S/c24-19-9-8-18(33(29,30)26-11-3-1-2-4-12-26)14-20(19)25-22(27)15-31-17-7-5-16-6-10-23(28)32-21(16)13-17/h5-10,13-14H,1-4,11-12,15H2,(H,25,27). The summed E-state index contributed by atoms with van der Waals surface area (Å²) in [6, 6.07) is 12.1. The van der Waals surface area contributed by atoms with Crippen LogP contribution in [0.15, 0.2) is 62.6 Å². The van der Waals surface area contributed by atoms with Gasteiger partial charge in [-0.15, -0.1) is 0 Å². The molecule has 33 heavy (non-hydrogen) atoms. The summed E-state index contributed by atoms with van der Waals surface area (Å²) in [5.74, 6) is -0.175. The second-order valence-electron chi connectivity index (χ2n) is 7.75. The van der Waals surface area contributed by atoms with Crippen LogP contribution in [0.5, 0.6) is 5.75 Å². The van der Waals surface area contributed by atoms with E-state index in [1.54, 1.807) is 18.2 Å². The largest absolute Gasteiger partial charge is 0.484 e. The van der Waals surface area contributed by atoms with Gasteiger partial charge in [0, 0.05) is 30.6 Å². The molecular weight excluding hydrogens is 468 g/mol. The van der Waals surface area contributed by atoms with E-state index in [0.717, 1.165) is 31.1 Å². The Kier molecular flexibility index (Phi) is 7.02. The van der Waals surface area contributed by atoms with E-state index < -0.39 is 21.6 Å². The molecule has 1 aliphatic heterocycles. The van der Waals surface area contributed by atoms with Crippen LogP contribution in [0.2, 0.25) is 5.02 Å². The van der Waals surface area contributed by atoms with Gasteiger partial charge >= 0.3 is 5.63 Å². The Bertz CT molecular complexity index is 1330. The lowest BCUT2D eigenvalue weighted by Gasteiger charge is -2.20. The van der Waals surface area contributed by atoms with Crippen molar-refractivity contribution in [2.45, 2.75) is 30.6 Å². The topological polar surface area (TPSA) is 106 Å². The number of ether oxygens (including phenoxy) is 1. The summed E-state index contributed by atoms with van der Waals surface area (Å²) in [7, 11) is -3.68. The predicted octanol–water partition coefficient (Wildman–Crippen LogP) is 4.03. The number of sulfonamides is 1. The Morgan fingerprint density at radius 1 is 1.03 bits per heavy atom. The van der Waals surface area contributed by atoms with Crippen molar-refractivity contribution >= 4 is 44.2 Å². The van der Waals surface area contributed by atoms with Crippen molar-refractivity contribution in [1.29, 1.82) is 0 Å². The number of carbonyl (C=O) groups excluding carboxylic acids is 1. The molecule has 0 bridgehead atoms. The van der Waals surface area contributed by atoms with Gasteiger partial charge in [-0.2, -0.15) is 4.31 Å². The minimum atomic E-state index is -3.68. The number of rotatable bonds is 6. The first kappa shape index (κ1) is 23.3. The second-order valence-corrected chi connectivity index (χ2v) is 10.1. The van der Waals surface area contributed by atoms with Crippen LogP contribution >= 0.6 is 11.6 Å². The van der Waals surface area contributed by atoms with Crippen molar-refractivity contribution in [2.24, 2.45) is 0 Å². The Hall–Kier alpha value is -2.88. The Labute approximate surface area is 196 Å². The van der Waals surface area contributed by atoms with Gasteiger partial charge in [0.1, 0.15) is 11.3 Å². The van der Waals surface area contributed by atoms with E-state index in [1.165, 1.54) is 34.6 Å². The fourth-order valence-electron chi connectivity index (χ4n) is 3.66. The number of nitrogens with one attached hydrogen (secondary N) is 1. The third-order valence-corrected chi connectivity index (χ3v) is 7.60. The number of amides is 1. The normalized spacial score (nSPS) is 15.2. The van der Waals surface area contributed by atoms with E-state index >= 15 is 0 Å². The van der Waals surface area contributed by atoms with Crippen molar-refractivity contribution in [1.82, 2.24) is 4.31 Å². The monoisotopic (exact) mass is 490 g/mol. The zero-order chi connectivity index (χ0) is 23.4. The third kappa shape index (κ3) is 5.55. The zero-order valence-corrected chi connectivity index (χ0v) is 19.3. The van der Waals surface area contributed by atoms with E-state index in [1.807, 2.05) is 0 Å². The molecule has 0 radical (unpaired) electrons. The van der Waals surface area contributed by atoms with Crippen molar-refractivity contribution in [3.63, 3.8) is 0 Å². The van der Waals surface area contributed by atoms with E-state index in [9.17, 15) is 18.0 Å². The first-order chi connectivity index (χ1) is 15.8. The smallest absolute Gasteiger partial charge is 0.336 e. The molecule has 1 aliphatic rings. The van der Waals surface area contributed by atoms with Crippen LogP contribution in [0.4, 0.5) is 5.69 Å². The van der Waals surface area contributed by atoms with Gasteiger partial charge in [-0.1, -0.05) is 24.4 Å². The van der Waals surface area contributed by atoms with Gasteiger partial charge in [-0.3, -0.25) is 4.79 Å². The van der Waals surface area contributed by atoms with Gasteiger partial charge in [0.25, 0.3) is 5.91 Å². The number of hydrogen-bond donors (Lipinski definition) is 1. The SMILES string of the molecule is O=C(COc1ccc2ccc(=O)oc2c1)Nc1cc(S(=O)(=O)N2CCCCCC2)ccc1Cl. The number of hydrogen-bond acceptors (Lipinski definition) is 6. The maximum atomic E-state index is 13.0. The Morgan fingerprint density at radius 3 is 2.52 bits per heavy atom. The summed E-state index contributed by atoms with van der Waals surface area (Å²) < 4.78 is 38.2. The fourth-order valence-corrected chi connectivity index (χ4v) is 5.37. The van der Waals surface area contributed by atoms with Crippen LogP contribution in [0.1, 0.15) is 25.7 Å². The number of nitrogens with zero attached hydrogens (tertiary/aromatic N) is 1. The predicted molar refractivity (Wildman–Crippen MR) is 125 cm³/mol. The molecule has 1 amide bonds. The molecule has 2 aromatic carbocycles. The molecule has 1 fully saturated rings. The highest BCUT2D eigenvalue weighted by atomic mass is 35.5. The lowest BCUT2D eigenvalue weighted by Crippen LogP contribution is -2.32. The molecule has 10 heteroatoms. The summed E-state index contributed by atoms with van der Waals surface area (Å²) in [5.41, 5.74) is 0.0441. The highest BCUT2D eigenvalue weighted by molar-refractivity contribution is 7.89. The summed E-state index contributed by atoms with van der Waals surface area (Å²) in [6.07, 6.45) is 3.67. The number of halogens is 1.